The molecule has 1 saturated carbocycles. The second kappa shape index (κ2) is 6.25. The lowest BCUT2D eigenvalue weighted by atomic mass is 10.1. The highest BCUT2D eigenvalue weighted by Crippen LogP contribution is 2.26. The number of rotatable bonds is 3. The highest BCUT2D eigenvalue weighted by molar-refractivity contribution is 14.0. The van der Waals surface area contributed by atoms with Gasteiger partial charge in [-0.1, -0.05) is 18.2 Å². The first-order chi connectivity index (χ1) is 9.59. The molecule has 1 aromatic carbocycles. The van der Waals surface area contributed by atoms with Crippen LogP contribution in [0.1, 0.15) is 24.1 Å². The van der Waals surface area contributed by atoms with Gasteiger partial charge in [-0.2, -0.15) is 0 Å². The zero-order valence-electron chi connectivity index (χ0n) is 12.8. The second-order valence-corrected chi connectivity index (χ2v) is 5.66. The summed E-state index contributed by atoms with van der Waals surface area (Å²) >= 11 is 0. The van der Waals surface area contributed by atoms with Gasteiger partial charge in [0, 0.05) is 36.7 Å². The molecule has 0 aliphatic heterocycles. The van der Waals surface area contributed by atoms with Crippen molar-refractivity contribution in [1.29, 1.82) is 0 Å². The Morgan fingerprint density at radius 3 is 2.67 bits per heavy atom. The van der Waals surface area contributed by atoms with Crippen molar-refractivity contribution in [2.75, 3.05) is 7.05 Å². The van der Waals surface area contributed by atoms with Gasteiger partial charge in [-0.3, -0.25) is 0 Å². The Hall–Kier alpha value is -1.24. The van der Waals surface area contributed by atoms with Gasteiger partial charge in [0.15, 0.2) is 5.96 Å². The molecule has 4 nitrogen and oxygen atoms in total. The SMILES string of the molecule is Cc1c(CN=C(N)N(C)C2CC2)n(C)c2ccccc12.I. The summed E-state index contributed by atoms with van der Waals surface area (Å²) < 4.78 is 2.22. The highest BCUT2D eigenvalue weighted by Gasteiger charge is 2.27. The van der Waals surface area contributed by atoms with E-state index in [4.69, 9.17) is 5.73 Å². The average Bonchev–Trinajstić information content (AvgIpc) is 3.27. The molecular weight excluding hydrogens is 375 g/mol. The molecule has 0 atom stereocenters. The molecule has 1 aliphatic carbocycles. The summed E-state index contributed by atoms with van der Waals surface area (Å²) in [6, 6.07) is 9.07. The fourth-order valence-electron chi connectivity index (χ4n) is 2.78. The molecule has 0 spiro atoms. The molecule has 1 aromatic heterocycles. The topological polar surface area (TPSA) is 46.5 Å². The van der Waals surface area contributed by atoms with Crippen LogP contribution in [-0.2, 0) is 13.6 Å². The lowest BCUT2D eigenvalue weighted by Crippen LogP contribution is -2.35. The van der Waals surface area contributed by atoms with Crippen LogP contribution in [0.2, 0.25) is 0 Å². The largest absolute Gasteiger partial charge is 0.370 e. The minimum absolute atomic E-state index is 0. The van der Waals surface area contributed by atoms with Crippen LogP contribution >= 0.6 is 24.0 Å². The van der Waals surface area contributed by atoms with Gasteiger partial charge in [0.2, 0.25) is 0 Å². The molecule has 0 unspecified atom stereocenters. The van der Waals surface area contributed by atoms with Crippen LogP contribution in [0.3, 0.4) is 0 Å². The van der Waals surface area contributed by atoms with Gasteiger partial charge >= 0.3 is 0 Å². The normalized spacial score (nSPS) is 15.1. The first-order valence-electron chi connectivity index (χ1n) is 7.15. The maximum atomic E-state index is 6.07. The Labute approximate surface area is 143 Å². The van der Waals surface area contributed by atoms with Crippen LogP contribution in [-0.4, -0.2) is 28.5 Å². The van der Waals surface area contributed by atoms with E-state index in [-0.39, 0.29) is 24.0 Å². The Morgan fingerprint density at radius 1 is 1.38 bits per heavy atom. The predicted molar refractivity (Wildman–Crippen MR) is 99.2 cm³/mol. The summed E-state index contributed by atoms with van der Waals surface area (Å²) in [5, 5.41) is 1.30. The van der Waals surface area contributed by atoms with Gasteiger partial charge in [-0.05, 0) is 31.4 Å². The van der Waals surface area contributed by atoms with Gasteiger partial charge in [0.05, 0.1) is 6.54 Å². The summed E-state index contributed by atoms with van der Waals surface area (Å²) in [6.07, 6.45) is 2.47. The molecule has 1 fully saturated rings. The van der Waals surface area contributed by atoms with Crippen molar-refractivity contribution in [1.82, 2.24) is 9.47 Å². The molecule has 0 radical (unpaired) electrons. The van der Waals surface area contributed by atoms with E-state index in [1.54, 1.807) is 0 Å². The number of fused-ring (bicyclic) bond motifs is 1. The van der Waals surface area contributed by atoms with Gasteiger partial charge in [0.1, 0.15) is 0 Å². The lowest BCUT2D eigenvalue weighted by Gasteiger charge is -2.17. The molecule has 1 heterocycles. The summed E-state index contributed by atoms with van der Waals surface area (Å²) in [6.45, 7) is 2.80. The molecule has 0 bridgehead atoms. The third kappa shape index (κ3) is 3.02. The number of aryl methyl sites for hydroxylation is 2. The van der Waals surface area contributed by atoms with Crippen molar-refractivity contribution in [3.05, 3.63) is 35.5 Å². The fourth-order valence-corrected chi connectivity index (χ4v) is 2.78. The number of benzene rings is 1. The van der Waals surface area contributed by atoms with Gasteiger partial charge < -0.3 is 15.2 Å². The molecule has 3 rings (SSSR count). The Bertz CT molecular complexity index is 631. The van der Waals surface area contributed by atoms with Crippen LogP contribution in [0, 0.1) is 6.92 Å². The number of aliphatic imine (C=N–C) groups is 1. The molecule has 21 heavy (non-hydrogen) atoms. The number of aromatic nitrogens is 1. The number of nitrogens with zero attached hydrogens (tertiary/aromatic N) is 3. The van der Waals surface area contributed by atoms with E-state index in [1.165, 1.54) is 35.0 Å². The summed E-state index contributed by atoms with van der Waals surface area (Å²) in [4.78, 5) is 6.67. The van der Waals surface area contributed by atoms with Gasteiger partial charge in [0.25, 0.3) is 0 Å². The average molecular weight is 398 g/mol. The Morgan fingerprint density at radius 2 is 2.05 bits per heavy atom. The smallest absolute Gasteiger partial charge is 0.191 e. The van der Waals surface area contributed by atoms with Crippen LogP contribution in [0.25, 0.3) is 10.9 Å². The van der Waals surface area contributed by atoms with Crippen LogP contribution in [0.5, 0.6) is 0 Å². The zero-order valence-corrected chi connectivity index (χ0v) is 15.2. The van der Waals surface area contributed by atoms with E-state index in [1.807, 2.05) is 7.05 Å². The van der Waals surface area contributed by atoms with Crippen LogP contribution < -0.4 is 5.73 Å². The number of hydrogen-bond donors (Lipinski definition) is 1. The van der Waals surface area contributed by atoms with Gasteiger partial charge in [-0.15, -0.1) is 24.0 Å². The molecule has 2 aromatic rings. The number of guanidine groups is 1. The fraction of sp³-hybridized carbons (Fsp3) is 0.438. The quantitative estimate of drug-likeness (QED) is 0.491. The van der Waals surface area contributed by atoms with E-state index < -0.39 is 0 Å². The monoisotopic (exact) mass is 398 g/mol. The molecule has 2 N–H and O–H groups in total. The molecule has 5 heteroatoms. The zero-order chi connectivity index (χ0) is 14.3. The van der Waals surface area contributed by atoms with E-state index in [0.29, 0.717) is 18.5 Å². The summed E-state index contributed by atoms with van der Waals surface area (Å²) in [5.41, 5.74) is 9.86. The molecule has 0 amide bonds. The van der Waals surface area contributed by atoms with Crippen molar-refractivity contribution < 1.29 is 0 Å². The van der Waals surface area contributed by atoms with Crippen molar-refractivity contribution in [3.63, 3.8) is 0 Å². The summed E-state index contributed by atoms with van der Waals surface area (Å²) in [5.74, 6) is 0.650. The molecular formula is C16H23IN4. The lowest BCUT2D eigenvalue weighted by molar-refractivity contribution is 0.487. The van der Waals surface area contributed by atoms with E-state index in [0.717, 1.165) is 0 Å². The Balaban J connectivity index is 0.00000161. The van der Waals surface area contributed by atoms with Crippen LogP contribution in [0.4, 0.5) is 0 Å². The van der Waals surface area contributed by atoms with Crippen molar-refractivity contribution in [2.45, 2.75) is 32.4 Å². The minimum Gasteiger partial charge on any atom is -0.370 e. The van der Waals surface area contributed by atoms with Gasteiger partial charge in [-0.25, -0.2) is 4.99 Å². The van der Waals surface area contributed by atoms with Crippen molar-refractivity contribution in [3.8, 4) is 0 Å². The minimum atomic E-state index is 0. The third-order valence-electron chi connectivity index (χ3n) is 4.35. The summed E-state index contributed by atoms with van der Waals surface area (Å²) in [7, 11) is 4.13. The van der Waals surface area contributed by atoms with E-state index in [2.05, 4.69) is 52.7 Å². The molecule has 114 valence electrons. The highest BCUT2D eigenvalue weighted by atomic mass is 127. The van der Waals surface area contributed by atoms with E-state index >= 15 is 0 Å². The number of halogens is 1. The number of para-hydroxylation sites is 1. The number of nitrogens with two attached hydrogens (primary N) is 1. The maximum Gasteiger partial charge on any atom is 0.191 e. The van der Waals surface area contributed by atoms with Crippen LogP contribution in [0.15, 0.2) is 29.3 Å². The Kier molecular flexibility index (Phi) is 4.81. The molecule has 0 saturated heterocycles. The standard InChI is InChI=1S/C16H22N4.HI/c1-11-13-6-4-5-7-14(13)20(3)15(11)10-18-16(17)19(2)12-8-9-12;/h4-7,12H,8-10H2,1-3H3,(H2,17,18);1H. The predicted octanol–water partition coefficient (Wildman–Crippen LogP) is 3.01. The second-order valence-electron chi connectivity index (χ2n) is 5.66. The molecule has 1 aliphatic rings. The van der Waals surface area contributed by atoms with Crippen molar-refractivity contribution >= 4 is 40.8 Å². The van der Waals surface area contributed by atoms with Crippen molar-refractivity contribution in [2.24, 2.45) is 17.8 Å². The third-order valence-corrected chi connectivity index (χ3v) is 4.35. The maximum absolute atomic E-state index is 6.07. The first-order valence-corrected chi connectivity index (χ1v) is 7.15. The van der Waals surface area contributed by atoms with E-state index in [9.17, 15) is 0 Å². The number of hydrogen-bond acceptors (Lipinski definition) is 1. The first kappa shape index (κ1) is 16.1.